The zero-order valence-corrected chi connectivity index (χ0v) is 11.4. The van der Waals surface area contributed by atoms with Crippen molar-refractivity contribution in [3.05, 3.63) is 44.9 Å². The third-order valence-electron chi connectivity index (χ3n) is 2.08. The molecule has 17 heavy (non-hydrogen) atoms. The highest BCUT2D eigenvalue weighted by molar-refractivity contribution is 14.1. The molecule has 0 aliphatic rings. The summed E-state index contributed by atoms with van der Waals surface area (Å²) in [6.45, 7) is 0. The Hall–Kier alpha value is -1.21. The molecule has 1 aromatic heterocycles. The van der Waals surface area contributed by atoms with Crippen LogP contribution in [0, 0.1) is 3.57 Å². The fourth-order valence-electron chi connectivity index (χ4n) is 1.27. The van der Waals surface area contributed by atoms with Gasteiger partial charge < -0.3 is 5.32 Å². The number of halogens is 2. The third-order valence-corrected chi connectivity index (χ3v) is 3.32. The summed E-state index contributed by atoms with van der Waals surface area (Å²) in [5.41, 5.74) is 1.12. The van der Waals surface area contributed by atoms with Crippen LogP contribution in [0.4, 0.5) is 11.5 Å². The van der Waals surface area contributed by atoms with Crippen molar-refractivity contribution in [2.75, 3.05) is 5.32 Å². The number of benzene rings is 1. The smallest absolute Gasteiger partial charge is 0.156 e. The minimum Gasteiger partial charge on any atom is -0.339 e. The molecule has 0 bridgehead atoms. The molecule has 1 heterocycles. The number of anilines is 2. The van der Waals surface area contributed by atoms with Crippen molar-refractivity contribution in [2.45, 2.75) is 0 Å². The number of carbonyl (C=O) groups excluding carboxylic acids is 1. The van der Waals surface area contributed by atoms with Gasteiger partial charge in [0.25, 0.3) is 0 Å². The SMILES string of the molecule is O=Cc1c(Cl)ncnc1Nc1ccccc1I. The van der Waals surface area contributed by atoms with E-state index in [0.717, 1.165) is 9.26 Å². The molecule has 0 fully saturated rings. The number of aldehydes is 1. The Kier molecular flexibility index (Phi) is 3.90. The zero-order valence-electron chi connectivity index (χ0n) is 8.52. The summed E-state index contributed by atoms with van der Waals surface area (Å²) in [4.78, 5) is 18.7. The summed E-state index contributed by atoms with van der Waals surface area (Å²) in [6.07, 6.45) is 1.95. The van der Waals surface area contributed by atoms with Gasteiger partial charge >= 0.3 is 0 Å². The molecular formula is C11H7ClIN3O. The second-order valence-corrected chi connectivity index (χ2v) is 4.67. The maximum absolute atomic E-state index is 10.9. The van der Waals surface area contributed by atoms with E-state index in [1.54, 1.807) is 0 Å². The molecule has 2 rings (SSSR count). The van der Waals surface area contributed by atoms with Crippen LogP contribution < -0.4 is 5.32 Å². The van der Waals surface area contributed by atoms with E-state index in [-0.39, 0.29) is 10.7 Å². The van der Waals surface area contributed by atoms with Crippen LogP contribution in [0.5, 0.6) is 0 Å². The lowest BCUT2D eigenvalue weighted by atomic mass is 10.3. The molecule has 0 atom stereocenters. The number of hydrogen-bond acceptors (Lipinski definition) is 4. The van der Waals surface area contributed by atoms with Gasteiger partial charge in [-0.15, -0.1) is 0 Å². The molecule has 6 heteroatoms. The Morgan fingerprint density at radius 3 is 2.76 bits per heavy atom. The first-order valence-corrected chi connectivity index (χ1v) is 6.15. The lowest BCUT2D eigenvalue weighted by Gasteiger charge is -2.09. The second-order valence-electron chi connectivity index (χ2n) is 3.15. The van der Waals surface area contributed by atoms with Gasteiger partial charge in [0.05, 0.1) is 11.3 Å². The molecule has 0 saturated carbocycles. The fraction of sp³-hybridized carbons (Fsp3) is 0. The van der Waals surface area contributed by atoms with Gasteiger partial charge in [-0.1, -0.05) is 23.7 Å². The van der Waals surface area contributed by atoms with Crippen molar-refractivity contribution in [3.63, 3.8) is 0 Å². The number of para-hydroxylation sites is 1. The minimum absolute atomic E-state index is 0.142. The van der Waals surface area contributed by atoms with Crippen molar-refractivity contribution in [2.24, 2.45) is 0 Å². The fourth-order valence-corrected chi connectivity index (χ4v) is 1.97. The largest absolute Gasteiger partial charge is 0.339 e. The standard InChI is InChI=1S/C11H7ClIN3O/c12-10-7(5-17)11(15-6-14-10)16-9-4-2-1-3-8(9)13/h1-6H,(H,14,15,16). The van der Waals surface area contributed by atoms with Gasteiger partial charge in [0.15, 0.2) is 6.29 Å². The van der Waals surface area contributed by atoms with Gasteiger partial charge in [-0.25, -0.2) is 9.97 Å². The molecule has 0 spiro atoms. The highest BCUT2D eigenvalue weighted by Crippen LogP contribution is 2.24. The van der Waals surface area contributed by atoms with Crippen molar-refractivity contribution in [3.8, 4) is 0 Å². The predicted octanol–water partition coefficient (Wildman–Crippen LogP) is 3.29. The first-order chi connectivity index (χ1) is 8.22. The summed E-state index contributed by atoms with van der Waals surface area (Å²) in [6, 6.07) is 7.67. The Balaban J connectivity index is 2.40. The van der Waals surface area contributed by atoms with Crippen LogP contribution in [-0.2, 0) is 0 Å². The Labute approximate surface area is 117 Å². The van der Waals surface area contributed by atoms with E-state index >= 15 is 0 Å². The highest BCUT2D eigenvalue weighted by Gasteiger charge is 2.09. The van der Waals surface area contributed by atoms with Gasteiger partial charge in [-0.2, -0.15) is 0 Å². The van der Waals surface area contributed by atoms with Crippen LogP contribution in [0.15, 0.2) is 30.6 Å². The van der Waals surface area contributed by atoms with Crippen LogP contribution in [0.25, 0.3) is 0 Å². The van der Waals surface area contributed by atoms with Gasteiger partial charge in [-0.3, -0.25) is 4.79 Å². The van der Waals surface area contributed by atoms with E-state index < -0.39 is 0 Å². The van der Waals surface area contributed by atoms with Crippen molar-refractivity contribution in [1.82, 2.24) is 9.97 Å². The van der Waals surface area contributed by atoms with Gasteiger partial charge in [0, 0.05) is 3.57 Å². The summed E-state index contributed by atoms with van der Waals surface area (Å²) in [5.74, 6) is 0.407. The minimum atomic E-state index is 0.142. The van der Waals surface area contributed by atoms with E-state index in [1.807, 2.05) is 24.3 Å². The van der Waals surface area contributed by atoms with E-state index in [0.29, 0.717) is 12.1 Å². The molecule has 0 aliphatic carbocycles. The number of rotatable bonds is 3. The Bertz CT molecular complexity index is 562. The molecule has 0 radical (unpaired) electrons. The monoisotopic (exact) mass is 359 g/mol. The highest BCUT2D eigenvalue weighted by atomic mass is 127. The van der Waals surface area contributed by atoms with E-state index in [1.165, 1.54) is 6.33 Å². The van der Waals surface area contributed by atoms with Crippen LogP contribution in [0.1, 0.15) is 10.4 Å². The Morgan fingerprint density at radius 2 is 2.06 bits per heavy atom. The molecular weight excluding hydrogens is 352 g/mol. The molecule has 0 unspecified atom stereocenters. The zero-order chi connectivity index (χ0) is 12.3. The van der Waals surface area contributed by atoms with Crippen LogP contribution in [0.2, 0.25) is 5.15 Å². The molecule has 4 nitrogen and oxygen atoms in total. The summed E-state index contributed by atoms with van der Waals surface area (Å²) < 4.78 is 1.02. The van der Waals surface area contributed by atoms with E-state index in [9.17, 15) is 4.79 Å². The predicted molar refractivity (Wildman–Crippen MR) is 74.9 cm³/mol. The maximum Gasteiger partial charge on any atom is 0.156 e. The summed E-state index contributed by atoms with van der Waals surface area (Å²) >= 11 is 8.00. The second kappa shape index (κ2) is 5.42. The molecule has 0 aliphatic heterocycles. The average molecular weight is 360 g/mol. The first-order valence-electron chi connectivity index (χ1n) is 4.69. The molecule has 1 aromatic carbocycles. The number of hydrogen-bond donors (Lipinski definition) is 1. The quantitative estimate of drug-likeness (QED) is 0.519. The molecule has 0 amide bonds. The lowest BCUT2D eigenvalue weighted by Crippen LogP contribution is -2.01. The summed E-state index contributed by atoms with van der Waals surface area (Å²) in [5, 5.41) is 3.20. The summed E-state index contributed by atoms with van der Waals surface area (Å²) in [7, 11) is 0. The molecule has 0 saturated heterocycles. The van der Waals surface area contributed by atoms with Gasteiger partial charge in [0.2, 0.25) is 0 Å². The van der Waals surface area contributed by atoms with Crippen molar-refractivity contribution < 1.29 is 4.79 Å². The molecule has 1 N–H and O–H groups in total. The molecule has 86 valence electrons. The van der Waals surface area contributed by atoms with Crippen LogP contribution in [-0.4, -0.2) is 16.3 Å². The topological polar surface area (TPSA) is 54.9 Å². The normalized spacial score (nSPS) is 10.0. The van der Waals surface area contributed by atoms with Crippen molar-refractivity contribution >= 4 is 52.0 Å². The third kappa shape index (κ3) is 2.73. The first kappa shape index (κ1) is 12.3. The van der Waals surface area contributed by atoms with Crippen molar-refractivity contribution in [1.29, 1.82) is 0 Å². The number of nitrogens with one attached hydrogen (secondary N) is 1. The van der Waals surface area contributed by atoms with E-state index in [4.69, 9.17) is 11.6 Å². The maximum atomic E-state index is 10.9. The average Bonchev–Trinajstić information content (AvgIpc) is 2.32. The van der Waals surface area contributed by atoms with Crippen LogP contribution >= 0.6 is 34.2 Å². The lowest BCUT2D eigenvalue weighted by molar-refractivity contribution is 0.112. The van der Waals surface area contributed by atoms with E-state index in [2.05, 4.69) is 37.9 Å². The number of carbonyl (C=O) groups is 1. The van der Waals surface area contributed by atoms with Gasteiger partial charge in [-0.05, 0) is 34.7 Å². The number of aromatic nitrogens is 2. The van der Waals surface area contributed by atoms with Crippen LogP contribution in [0.3, 0.4) is 0 Å². The van der Waals surface area contributed by atoms with Gasteiger partial charge in [0.1, 0.15) is 17.3 Å². The molecule has 2 aromatic rings. The number of nitrogens with zero attached hydrogens (tertiary/aromatic N) is 2. The Morgan fingerprint density at radius 1 is 1.29 bits per heavy atom.